The predicted molar refractivity (Wildman–Crippen MR) is 85.8 cm³/mol. The van der Waals surface area contributed by atoms with E-state index in [1.54, 1.807) is 12.1 Å². The molecule has 2 aliphatic carbocycles. The van der Waals surface area contributed by atoms with Gasteiger partial charge in [-0.1, -0.05) is 18.1 Å². The van der Waals surface area contributed by atoms with Gasteiger partial charge in [0.1, 0.15) is 0 Å². The Morgan fingerprint density at radius 1 is 1.12 bits per heavy atom. The highest BCUT2D eigenvalue weighted by Crippen LogP contribution is 2.53. The molecule has 2 amide bonds. The molecule has 5 heteroatoms. The van der Waals surface area contributed by atoms with E-state index in [9.17, 15) is 14.4 Å². The Morgan fingerprint density at radius 3 is 2.25 bits per heavy atom. The SMILES string of the molecule is C#CCOC(=O)c1ccc(N2C(=O)[C@@H]3[C@H](C2=O)[C@@H]2C=C[C@@H]3C2)cc1. The molecule has 2 bridgehead atoms. The average molecular weight is 321 g/mol. The van der Waals surface area contributed by atoms with E-state index >= 15 is 0 Å². The molecule has 1 heterocycles. The van der Waals surface area contributed by atoms with Gasteiger partial charge in [0.2, 0.25) is 11.8 Å². The van der Waals surface area contributed by atoms with Crippen molar-refractivity contribution < 1.29 is 19.1 Å². The minimum atomic E-state index is -0.530. The molecular formula is C19H15NO4. The summed E-state index contributed by atoms with van der Waals surface area (Å²) >= 11 is 0. The van der Waals surface area contributed by atoms with Crippen molar-refractivity contribution in [3.05, 3.63) is 42.0 Å². The number of fused-ring (bicyclic) bond motifs is 5. The van der Waals surface area contributed by atoms with Crippen molar-refractivity contribution in [1.82, 2.24) is 0 Å². The first kappa shape index (κ1) is 14.7. The molecule has 1 saturated heterocycles. The normalized spacial score (nSPS) is 29.7. The lowest BCUT2D eigenvalue weighted by atomic mass is 9.85. The van der Waals surface area contributed by atoms with Gasteiger partial charge in [-0.25, -0.2) is 4.79 Å². The third kappa shape index (κ3) is 2.00. The van der Waals surface area contributed by atoms with Crippen LogP contribution in [0.4, 0.5) is 5.69 Å². The molecule has 1 aromatic carbocycles. The number of esters is 1. The molecule has 1 saturated carbocycles. The molecule has 2 fully saturated rings. The molecular weight excluding hydrogens is 306 g/mol. The Labute approximate surface area is 139 Å². The van der Waals surface area contributed by atoms with Gasteiger partial charge in [0.25, 0.3) is 0 Å². The lowest BCUT2D eigenvalue weighted by Crippen LogP contribution is -2.32. The molecule has 0 unspecified atom stereocenters. The van der Waals surface area contributed by atoms with E-state index in [2.05, 4.69) is 18.1 Å². The summed E-state index contributed by atoms with van der Waals surface area (Å²) in [5.74, 6) is 1.33. The first-order chi connectivity index (χ1) is 11.6. The number of allylic oxidation sites excluding steroid dienone is 2. The summed E-state index contributed by atoms with van der Waals surface area (Å²) in [5, 5.41) is 0. The van der Waals surface area contributed by atoms with Crippen LogP contribution in [-0.2, 0) is 14.3 Å². The zero-order chi connectivity index (χ0) is 16.8. The summed E-state index contributed by atoms with van der Waals surface area (Å²) < 4.78 is 4.85. The molecule has 120 valence electrons. The number of amides is 2. The van der Waals surface area contributed by atoms with Gasteiger partial charge in [0, 0.05) is 0 Å². The first-order valence-corrected chi connectivity index (χ1v) is 7.88. The van der Waals surface area contributed by atoms with Crippen molar-refractivity contribution in [3.8, 4) is 12.3 Å². The average Bonchev–Trinajstić information content (AvgIpc) is 3.27. The van der Waals surface area contributed by atoms with E-state index in [4.69, 9.17) is 11.2 Å². The van der Waals surface area contributed by atoms with Crippen LogP contribution in [0.15, 0.2) is 36.4 Å². The van der Waals surface area contributed by atoms with Crippen molar-refractivity contribution >= 4 is 23.5 Å². The van der Waals surface area contributed by atoms with E-state index in [1.807, 2.05) is 0 Å². The second kappa shape index (κ2) is 5.34. The molecule has 0 aromatic heterocycles. The number of hydrogen-bond donors (Lipinski definition) is 0. The van der Waals surface area contributed by atoms with Crippen LogP contribution in [0.2, 0.25) is 0 Å². The van der Waals surface area contributed by atoms with Gasteiger partial charge in [-0.3, -0.25) is 14.5 Å². The van der Waals surface area contributed by atoms with Crippen LogP contribution < -0.4 is 4.90 Å². The van der Waals surface area contributed by atoms with E-state index in [-0.39, 0.29) is 42.1 Å². The maximum absolute atomic E-state index is 12.7. The fraction of sp³-hybridized carbons (Fsp3) is 0.316. The lowest BCUT2D eigenvalue weighted by molar-refractivity contribution is -0.123. The van der Waals surface area contributed by atoms with E-state index in [1.165, 1.54) is 17.0 Å². The third-order valence-corrected chi connectivity index (χ3v) is 5.12. The van der Waals surface area contributed by atoms with Crippen molar-refractivity contribution in [2.45, 2.75) is 6.42 Å². The fourth-order valence-corrected chi connectivity index (χ4v) is 4.09. The lowest BCUT2D eigenvalue weighted by Gasteiger charge is -2.17. The maximum atomic E-state index is 12.7. The van der Waals surface area contributed by atoms with Crippen LogP contribution in [0.5, 0.6) is 0 Å². The van der Waals surface area contributed by atoms with E-state index < -0.39 is 5.97 Å². The summed E-state index contributed by atoms with van der Waals surface area (Å²) in [7, 11) is 0. The van der Waals surface area contributed by atoms with Crippen LogP contribution in [-0.4, -0.2) is 24.4 Å². The Bertz CT molecular complexity index is 772. The van der Waals surface area contributed by atoms with Gasteiger partial charge >= 0.3 is 5.97 Å². The van der Waals surface area contributed by atoms with Gasteiger partial charge < -0.3 is 4.74 Å². The van der Waals surface area contributed by atoms with Crippen LogP contribution in [0.3, 0.4) is 0 Å². The van der Waals surface area contributed by atoms with Crippen molar-refractivity contribution in [2.75, 3.05) is 11.5 Å². The van der Waals surface area contributed by atoms with Crippen LogP contribution >= 0.6 is 0 Å². The zero-order valence-electron chi connectivity index (χ0n) is 12.8. The Kier molecular flexibility index (Phi) is 3.27. The van der Waals surface area contributed by atoms with Gasteiger partial charge in [0.15, 0.2) is 6.61 Å². The van der Waals surface area contributed by atoms with Crippen LogP contribution in [0.25, 0.3) is 0 Å². The molecule has 1 aromatic rings. The molecule has 4 atom stereocenters. The number of terminal acetylenes is 1. The fourth-order valence-electron chi connectivity index (χ4n) is 4.09. The molecule has 0 radical (unpaired) electrons. The number of benzene rings is 1. The van der Waals surface area contributed by atoms with Gasteiger partial charge in [-0.2, -0.15) is 0 Å². The predicted octanol–water partition coefficient (Wildman–Crippen LogP) is 1.79. The Hall–Kier alpha value is -2.87. The maximum Gasteiger partial charge on any atom is 0.339 e. The standard InChI is InChI=1S/C19H15NO4/c1-2-9-24-19(23)11-5-7-14(8-6-11)20-17(21)15-12-3-4-13(10-12)16(15)18(20)22/h1,3-8,12-13,15-16H,9-10H2/t12-,13-,15-,16+/m1/s1. The van der Waals surface area contributed by atoms with Crippen molar-refractivity contribution in [1.29, 1.82) is 0 Å². The second-order valence-corrected chi connectivity index (χ2v) is 6.34. The highest BCUT2D eigenvalue weighted by atomic mass is 16.5. The zero-order valence-corrected chi connectivity index (χ0v) is 12.8. The minimum Gasteiger partial charge on any atom is -0.449 e. The molecule has 1 aliphatic heterocycles. The Morgan fingerprint density at radius 2 is 1.71 bits per heavy atom. The number of rotatable bonds is 3. The van der Waals surface area contributed by atoms with Gasteiger partial charge in [0.05, 0.1) is 23.1 Å². The first-order valence-electron chi connectivity index (χ1n) is 7.88. The smallest absolute Gasteiger partial charge is 0.339 e. The number of hydrogen-bond acceptors (Lipinski definition) is 4. The molecule has 0 spiro atoms. The third-order valence-electron chi connectivity index (χ3n) is 5.12. The summed E-state index contributed by atoms with van der Waals surface area (Å²) in [6.07, 6.45) is 10.1. The molecule has 0 N–H and O–H groups in total. The largest absolute Gasteiger partial charge is 0.449 e. The van der Waals surface area contributed by atoms with E-state index in [0.29, 0.717) is 11.3 Å². The van der Waals surface area contributed by atoms with Crippen molar-refractivity contribution in [3.63, 3.8) is 0 Å². The summed E-state index contributed by atoms with van der Waals surface area (Å²) in [6, 6.07) is 6.27. The highest BCUT2D eigenvalue weighted by Gasteiger charge is 2.59. The molecule has 5 nitrogen and oxygen atoms in total. The summed E-state index contributed by atoms with van der Waals surface area (Å²) in [5.41, 5.74) is 0.822. The molecule has 24 heavy (non-hydrogen) atoms. The topological polar surface area (TPSA) is 63.7 Å². The second-order valence-electron chi connectivity index (χ2n) is 6.34. The number of nitrogens with zero attached hydrogens (tertiary/aromatic N) is 1. The van der Waals surface area contributed by atoms with Crippen molar-refractivity contribution in [2.24, 2.45) is 23.7 Å². The number of carbonyl (C=O) groups is 3. The molecule has 4 rings (SSSR count). The number of ether oxygens (including phenoxy) is 1. The number of anilines is 1. The van der Waals surface area contributed by atoms with Crippen LogP contribution in [0.1, 0.15) is 16.8 Å². The number of carbonyl (C=O) groups excluding carboxylic acids is 3. The quantitative estimate of drug-likeness (QED) is 0.368. The monoisotopic (exact) mass is 321 g/mol. The van der Waals surface area contributed by atoms with Gasteiger partial charge in [-0.15, -0.1) is 6.42 Å². The van der Waals surface area contributed by atoms with E-state index in [0.717, 1.165) is 6.42 Å². The number of imide groups is 1. The summed E-state index contributed by atoms with van der Waals surface area (Å²) in [6.45, 7) is -0.0944. The highest BCUT2D eigenvalue weighted by molar-refractivity contribution is 6.22. The Balaban J connectivity index is 1.57. The summed E-state index contributed by atoms with van der Waals surface area (Å²) in [4.78, 5) is 38.4. The van der Waals surface area contributed by atoms with Gasteiger partial charge in [-0.05, 0) is 42.5 Å². The minimum absolute atomic E-state index is 0.0944. The van der Waals surface area contributed by atoms with Crippen LogP contribution in [0, 0.1) is 36.0 Å². The molecule has 3 aliphatic rings.